The molecular weight excluding hydrogens is 1430 g/mol. The fourth-order valence-corrected chi connectivity index (χ4v) is 18.2. The molecule has 506 valence electrons. The van der Waals surface area contributed by atoms with Gasteiger partial charge in [-0.05, 0) is 160 Å². The predicted octanol–water partition coefficient (Wildman–Crippen LogP) is 27.4. The summed E-state index contributed by atoms with van der Waals surface area (Å²) in [5.41, 5.74) is 21.9. The Labute approximate surface area is 633 Å². The number of hydrogen-bond donors (Lipinski definition) is 0. The molecule has 1 aliphatic carbocycles. The molecule has 0 saturated carbocycles. The Bertz CT molecular complexity index is 7270. The van der Waals surface area contributed by atoms with E-state index in [4.69, 9.17) is 37.6 Å². The van der Waals surface area contributed by atoms with Gasteiger partial charge in [0.1, 0.15) is 44.7 Å². The molecule has 0 unspecified atom stereocenters. The number of fused-ring (bicyclic) bond motifs is 16. The minimum absolute atomic E-state index is 0. The first-order valence-corrected chi connectivity index (χ1v) is 36.6. The van der Waals surface area contributed by atoms with Gasteiger partial charge < -0.3 is 27.6 Å². The van der Waals surface area contributed by atoms with E-state index in [0.717, 1.165) is 264 Å². The number of aromatic nitrogens is 4. The second kappa shape index (κ2) is 22.6. The standard InChI is InChI=1S/C100H52N4O4.Pd/c1-2-22-54-46-74-73(45-53(54)21-1)89-85(69-37-17-33-65-61-29-9-13-41-81(61)105-97(65)69)91-75-47-55-23-3-4-24-56(55)48-76(75)93(102-91)87(71-39-19-35-67-63-31-11-15-43-83(63)107-99(67)71)95-79-51-59-27-7-8-28-60(59)52-80(79)96(104-95)88(72-40-20-36-68-64-32-12-16-44-84(64)108-100(68)72)94-78-50-58-26-6-5-25-57(58)49-77(78)92(103-94)86(90(74)101-89)70-38-18-34-66-62-30-10-14-42-82(62)106-98(66)70;/h1-52H;/q-2;+2. The van der Waals surface area contributed by atoms with E-state index in [0.29, 0.717) is 0 Å². The molecule has 3 aliphatic rings. The quantitative estimate of drug-likeness (QED) is 0.160. The van der Waals surface area contributed by atoms with Crippen molar-refractivity contribution < 1.29 is 38.1 Å². The number of rotatable bonds is 4. The molecule has 8 nitrogen and oxygen atoms in total. The summed E-state index contributed by atoms with van der Waals surface area (Å²) in [6, 6.07) is 113. The molecule has 25 rings (SSSR count). The Kier molecular flexibility index (Phi) is 12.5. The molecule has 9 heteroatoms. The van der Waals surface area contributed by atoms with Crippen molar-refractivity contribution in [2.45, 2.75) is 0 Å². The first kappa shape index (κ1) is 60.3. The number of nitrogens with zero attached hydrogens (tertiary/aromatic N) is 4. The topological polar surface area (TPSA) is 107 Å². The summed E-state index contributed by atoms with van der Waals surface area (Å²) in [5, 5.41) is 20.1. The van der Waals surface area contributed by atoms with Gasteiger partial charge >= 0.3 is 20.4 Å². The van der Waals surface area contributed by atoms with E-state index in [1.54, 1.807) is 0 Å². The Hall–Kier alpha value is -13.9. The molecule has 8 heterocycles. The van der Waals surface area contributed by atoms with Crippen LogP contribution in [0.2, 0.25) is 0 Å². The van der Waals surface area contributed by atoms with Gasteiger partial charge in [0.15, 0.2) is 0 Å². The van der Waals surface area contributed by atoms with Crippen molar-refractivity contribution in [1.29, 1.82) is 0 Å². The zero-order valence-electron chi connectivity index (χ0n) is 57.8. The van der Waals surface area contributed by atoms with Gasteiger partial charge in [-0.1, -0.05) is 243 Å². The Morgan fingerprint density at radius 1 is 0.183 bits per heavy atom. The molecule has 0 fully saturated rings. The van der Waals surface area contributed by atoms with Crippen LogP contribution in [-0.2, 0) is 20.4 Å². The first-order chi connectivity index (χ1) is 53.5. The van der Waals surface area contributed by atoms with Crippen LogP contribution >= 0.6 is 0 Å². The molecule has 0 radical (unpaired) electrons. The van der Waals surface area contributed by atoms with Crippen molar-refractivity contribution >= 4 is 174 Å². The number of hydrogen-bond acceptors (Lipinski definition) is 6. The smallest absolute Gasteiger partial charge is 0.656 e. The number of para-hydroxylation sites is 8. The minimum atomic E-state index is 0. The molecular formula is C100H52N4O4Pd. The fraction of sp³-hybridized carbons (Fsp3) is 0. The average molecular weight is 1480 g/mol. The molecule has 0 N–H and O–H groups in total. The SMILES string of the molecule is [Pd+2].c1ccc2cc3c(cc2c1)-c1nc-3c(-c2cccc3c2oc2ccccc23)c2[n-]c(c(-c3cccc4c3oc3ccccc34)c3nc(c(-c4cccc5c4oc4ccccc45)c4[n-]c(c1-c1cccc5c1oc1ccccc15)c1cc5ccccc5cc41)-c1cc4ccccc4cc1-3)c1cc3ccccc3cc21. The van der Waals surface area contributed by atoms with Crippen LogP contribution in [0.5, 0.6) is 0 Å². The molecule has 16 aromatic carbocycles. The van der Waals surface area contributed by atoms with Crippen LogP contribution in [0.1, 0.15) is 0 Å². The van der Waals surface area contributed by atoms with E-state index >= 15 is 0 Å². The van der Waals surface area contributed by atoms with E-state index in [1.165, 1.54) is 0 Å². The van der Waals surface area contributed by atoms with Gasteiger partial charge in [-0.25, -0.2) is 9.97 Å². The average Bonchev–Trinajstić information content (AvgIpc) is 1.54. The molecule has 0 saturated heterocycles. The molecule has 0 spiro atoms. The minimum Gasteiger partial charge on any atom is -0.656 e. The van der Waals surface area contributed by atoms with Gasteiger partial charge in [-0.15, -0.1) is 22.1 Å². The zero-order valence-corrected chi connectivity index (χ0v) is 59.3. The van der Waals surface area contributed by atoms with Gasteiger partial charge in [0, 0.05) is 87.6 Å². The van der Waals surface area contributed by atoms with Crippen molar-refractivity contribution in [3.05, 3.63) is 315 Å². The van der Waals surface area contributed by atoms with Crippen LogP contribution in [0.25, 0.3) is 264 Å². The summed E-state index contributed by atoms with van der Waals surface area (Å²) in [5.74, 6) is 0. The van der Waals surface area contributed by atoms with E-state index in [1.807, 2.05) is 24.3 Å². The Morgan fingerprint density at radius 3 is 0.624 bits per heavy atom. The van der Waals surface area contributed by atoms with Crippen LogP contribution in [0.15, 0.2) is 333 Å². The van der Waals surface area contributed by atoms with E-state index in [2.05, 4.69) is 291 Å². The van der Waals surface area contributed by atoms with Crippen LogP contribution in [0.3, 0.4) is 0 Å². The third-order valence-corrected chi connectivity index (χ3v) is 23.1. The predicted molar refractivity (Wildman–Crippen MR) is 444 cm³/mol. The van der Waals surface area contributed by atoms with E-state index < -0.39 is 0 Å². The molecule has 109 heavy (non-hydrogen) atoms. The molecule has 6 aromatic heterocycles. The monoisotopic (exact) mass is 1480 g/mol. The van der Waals surface area contributed by atoms with E-state index in [-0.39, 0.29) is 20.4 Å². The Balaban J connectivity index is 0.00000697. The largest absolute Gasteiger partial charge is 2.00 e. The first-order valence-electron chi connectivity index (χ1n) is 36.6. The molecule has 2 aliphatic heterocycles. The summed E-state index contributed by atoms with van der Waals surface area (Å²) < 4.78 is 29.3. The maximum atomic E-state index is 7.33. The second-order valence-corrected chi connectivity index (χ2v) is 28.8. The molecule has 22 aromatic rings. The van der Waals surface area contributed by atoms with Gasteiger partial charge in [0.2, 0.25) is 0 Å². The Morgan fingerprint density at radius 2 is 0.385 bits per heavy atom. The number of furan rings is 4. The van der Waals surface area contributed by atoms with Gasteiger partial charge in [0.25, 0.3) is 0 Å². The summed E-state index contributed by atoms with van der Waals surface area (Å²) in [6.07, 6.45) is 0. The van der Waals surface area contributed by atoms with Crippen molar-refractivity contribution in [3.63, 3.8) is 0 Å². The van der Waals surface area contributed by atoms with Crippen molar-refractivity contribution in [2.75, 3.05) is 0 Å². The summed E-state index contributed by atoms with van der Waals surface area (Å²) in [4.78, 5) is 25.9. The van der Waals surface area contributed by atoms with Crippen molar-refractivity contribution in [2.24, 2.45) is 0 Å². The molecule has 8 bridgehead atoms. The van der Waals surface area contributed by atoms with E-state index in [9.17, 15) is 0 Å². The third-order valence-electron chi connectivity index (χ3n) is 23.1. The normalized spacial score (nSPS) is 12.3. The van der Waals surface area contributed by atoms with Crippen LogP contribution < -0.4 is 9.97 Å². The van der Waals surface area contributed by atoms with Crippen LogP contribution in [-0.4, -0.2) is 9.97 Å². The van der Waals surface area contributed by atoms with Gasteiger partial charge in [-0.3, -0.25) is 0 Å². The second-order valence-electron chi connectivity index (χ2n) is 28.8. The summed E-state index contributed by atoms with van der Waals surface area (Å²) in [7, 11) is 0. The van der Waals surface area contributed by atoms with Crippen molar-refractivity contribution in [3.8, 4) is 89.5 Å². The third kappa shape index (κ3) is 8.51. The molecule has 0 atom stereocenters. The maximum absolute atomic E-state index is 7.33. The number of benzene rings is 16. The van der Waals surface area contributed by atoms with Crippen LogP contribution in [0, 0.1) is 0 Å². The summed E-state index contributed by atoms with van der Waals surface area (Å²) >= 11 is 0. The maximum Gasteiger partial charge on any atom is 2.00 e. The molecule has 0 amide bonds. The van der Waals surface area contributed by atoms with Crippen LogP contribution in [0.4, 0.5) is 0 Å². The van der Waals surface area contributed by atoms with Crippen molar-refractivity contribution in [1.82, 2.24) is 19.9 Å². The fourth-order valence-electron chi connectivity index (χ4n) is 18.2. The zero-order chi connectivity index (χ0) is 70.1. The van der Waals surface area contributed by atoms with Gasteiger partial charge in [0.05, 0.1) is 22.8 Å². The van der Waals surface area contributed by atoms with Gasteiger partial charge in [-0.2, -0.15) is 0 Å². The summed E-state index contributed by atoms with van der Waals surface area (Å²) in [6.45, 7) is 0.